The first-order chi connectivity index (χ1) is 11.4. The van der Waals surface area contributed by atoms with Gasteiger partial charge in [0.15, 0.2) is 0 Å². The van der Waals surface area contributed by atoms with Crippen molar-refractivity contribution in [3.05, 3.63) is 0 Å². The van der Waals surface area contributed by atoms with Gasteiger partial charge in [-0.2, -0.15) is 0 Å². The molecule has 24 heavy (non-hydrogen) atoms. The molecule has 0 unspecified atom stereocenters. The van der Waals surface area contributed by atoms with Crippen LogP contribution in [0.25, 0.3) is 0 Å². The van der Waals surface area contributed by atoms with Crippen LogP contribution >= 0.6 is 6.72 Å². The zero-order chi connectivity index (χ0) is 18.5. The fourth-order valence-electron chi connectivity index (χ4n) is 2.69. The molecule has 0 saturated carbocycles. The summed E-state index contributed by atoms with van der Waals surface area (Å²) in [6.45, 7) is -0.642. The highest BCUT2D eigenvalue weighted by atomic mass is 32.5. The van der Waals surface area contributed by atoms with E-state index in [0.29, 0.717) is 0 Å². The van der Waals surface area contributed by atoms with Crippen molar-refractivity contribution in [3.63, 3.8) is 0 Å². The molecule has 0 aliphatic carbocycles. The van der Waals surface area contributed by atoms with Crippen molar-refractivity contribution in [1.29, 1.82) is 0 Å². The van der Waals surface area contributed by atoms with Gasteiger partial charge in [-0.25, -0.2) is 0 Å². The van der Waals surface area contributed by atoms with E-state index in [-0.39, 0.29) is 0 Å². The van der Waals surface area contributed by atoms with Crippen molar-refractivity contribution in [2.45, 2.75) is 110 Å². The van der Waals surface area contributed by atoms with Crippen LogP contribution < -0.4 is 5.73 Å². The molecule has 0 saturated heterocycles. The van der Waals surface area contributed by atoms with Crippen LogP contribution in [-0.2, 0) is 11.8 Å². The largest absolute Gasteiger partial charge is 0.330 e. The van der Waals surface area contributed by atoms with E-state index in [2.05, 4.69) is 18.7 Å². The summed E-state index contributed by atoms with van der Waals surface area (Å²) in [6.07, 6.45) is 22.9. The van der Waals surface area contributed by atoms with Gasteiger partial charge >= 0.3 is 6.72 Å². The van der Waals surface area contributed by atoms with Crippen LogP contribution in [0.5, 0.6) is 0 Å². The normalized spacial score (nSPS) is 11.2. The lowest BCUT2D eigenvalue weighted by molar-refractivity contribution is 0.363. The van der Waals surface area contributed by atoms with Gasteiger partial charge in [-0.15, -0.1) is 0 Å². The standard InChI is InChI=1S/C18H39N.H3O3PS/c1-2-3-4-5-6-7-8-9-10-11-12-13-14-15-16-17-18-19;1-4(2,3)5/h2-19H2,1H3;(H3,1,2,3,5). The van der Waals surface area contributed by atoms with Crippen molar-refractivity contribution in [3.8, 4) is 0 Å². The highest BCUT2D eigenvalue weighted by Crippen LogP contribution is 2.26. The zero-order valence-electron chi connectivity index (χ0n) is 15.8. The van der Waals surface area contributed by atoms with Crippen LogP contribution in [0.4, 0.5) is 0 Å². The van der Waals surface area contributed by atoms with E-state index in [9.17, 15) is 0 Å². The smallest absolute Gasteiger partial charge is 0.319 e. The minimum absolute atomic E-state index is 0.873. The Hall–Kier alpha value is 0.490. The second-order valence-corrected chi connectivity index (χ2v) is 9.10. The summed E-state index contributed by atoms with van der Waals surface area (Å²) in [6, 6.07) is 0. The molecule has 0 aliphatic rings. The molecule has 5 N–H and O–H groups in total. The number of unbranched alkanes of at least 4 members (excludes halogenated alkanes) is 15. The number of hydrogen-bond donors (Lipinski definition) is 4. The van der Waals surface area contributed by atoms with Crippen LogP contribution in [0, 0.1) is 0 Å². The molecule has 0 heterocycles. The molecular formula is C18H42NO3PS. The maximum absolute atomic E-state index is 7.56. The Kier molecular flexibility index (Phi) is 24.0. The van der Waals surface area contributed by atoms with E-state index in [1.807, 2.05) is 0 Å². The third kappa shape index (κ3) is 38.2. The van der Waals surface area contributed by atoms with Crippen LogP contribution in [0.15, 0.2) is 0 Å². The Labute approximate surface area is 155 Å². The average Bonchev–Trinajstić information content (AvgIpc) is 2.49. The molecule has 4 nitrogen and oxygen atoms in total. The number of hydrogen-bond acceptors (Lipinski definition) is 2. The molecule has 0 aromatic heterocycles. The van der Waals surface area contributed by atoms with Crippen LogP contribution in [0.3, 0.4) is 0 Å². The molecule has 0 aromatic carbocycles. The lowest BCUT2D eigenvalue weighted by atomic mass is 10.0. The second-order valence-electron chi connectivity index (χ2n) is 6.61. The molecule has 0 rings (SSSR count). The van der Waals surface area contributed by atoms with E-state index < -0.39 is 6.72 Å². The minimum atomic E-state index is -3.81. The quantitative estimate of drug-likeness (QED) is 0.212. The van der Waals surface area contributed by atoms with Crippen molar-refractivity contribution in [2.24, 2.45) is 5.73 Å². The summed E-state index contributed by atoms with van der Waals surface area (Å²) < 4.78 is 0. The predicted octanol–water partition coefficient (Wildman–Crippen LogP) is 5.39. The van der Waals surface area contributed by atoms with E-state index in [1.54, 1.807) is 0 Å². The van der Waals surface area contributed by atoms with Crippen molar-refractivity contribution < 1.29 is 14.7 Å². The van der Waals surface area contributed by atoms with Crippen LogP contribution in [0.2, 0.25) is 0 Å². The lowest BCUT2D eigenvalue weighted by Crippen LogP contribution is -1.97. The van der Waals surface area contributed by atoms with Gasteiger partial charge in [0, 0.05) is 0 Å². The predicted molar refractivity (Wildman–Crippen MR) is 110 cm³/mol. The summed E-state index contributed by atoms with van der Waals surface area (Å²) in [7, 11) is 0. The number of rotatable bonds is 16. The number of nitrogens with two attached hydrogens (primary N) is 1. The van der Waals surface area contributed by atoms with Gasteiger partial charge in [0.1, 0.15) is 0 Å². The fourth-order valence-corrected chi connectivity index (χ4v) is 2.69. The summed E-state index contributed by atoms with van der Waals surface area (Å²) >= 11 is 3.60. The fraction of sp³-hybridized carbons (Fsp3) is 1.00. The molecule has 0 fully saturated rings. The first-order valence-electron chi connectivity index (χ1n) is 9.90. The molecule has 0 atom stereocenters. The third-order valence-electron chi connectivity index (χ3n) is 4.06. The van der Waals surface area contributed by atoms with Crippen molar-refractivity contribution in [1.82, 2.24) is 0 Å². The molecule has 148 valence electrons. The van der Waals surface area contributed by atoms with Gasteiger partial charge in [-0.3, -0.25) is 0 Å². The van der Waals surface area contributed by atoms with Crippen LogP contribution in [0.1, 0.15) is 110 Å². The topological polar surface area (TPSA) is 86.7 Å². The van der Waals surface area contributed by atoms with Gasteiger partial charge in [-0.05, 0) is 24.8 Å². The Morgan fingerprint density at radius 2 is 0.792 bits per heavy atom. The summed E-state index contributed by atoms with van der Waals surface area (Å²) in [4.78, 5) is 22.7. The molecule has 0 spiro atoms. The minimum Gasteiger partial charge on any atom is -0.330 e. The molecular weight excluding hydrogens is 341 g/mol. The highest BCUT2D eigenvalue weighted by Gasteiger charge is 1.94. The Morgan fingerprint density at radius 1 is 0.583 bits per heavy atom. The maximum atomic E-state index is 7.56. The SMILES string of the molecule is CCCCCCCCCCCCCCCCCCN.OP(O)(O)=S. The molecule has 0 amide bonds. The maximum Gasteiger partial charge on any atom is 0.319 e. The molecule has 0 aliphatic heterocycles. The second kappa shape index (κ2) is 21.5. The zero-order valence-corrected chi connectivity index (χ0v) is 17.5. The third-order valence-corrected chi connectivity index (χ3v) is 4.06. The van der Waals surface area contributed by atoms with Gasteiger partial charge < -0.3 is 20.4 Å². The molecule has 0 aromatic rings. The molecule has 0 bridgehead atoms. The first-order valence-corrected chi connectivity index (χ1v) is 12.6. The van der Waals surface area contributed by atoms with E-state index >= 15 is 0 Å². The first kappa shape index (κ1) is 26.7. The Bertz CT molecular complexity index is 251. The van der Waals surface area contributed by atoms with Gasteiger partial charge in [0.2, 0.25) is 0 Å². The molecule has 0 radical (unpaired) electrons. The van der Waals surface area contributed by atoms with Gasteiger partial charge in [0.25, 0.3) is 0 Å². The van der Waals surface area contributed by atoms with Gasteiger partial charge in [-0.1, -0.05) is 103 Å². The van der Waals surface area contributed by atoms with Crippen molar-refractivity contribution in [2.75, 3.05) is 6.54 Å². The Morgan fingerprint density at radius 3 is 1.00 bits per heavy atom. The van der Waals surface area contributed by atoms with Crippen LogP contribution in [-0.4, -0.2) is 21.2 Å². The summed E-state index contributed by atoms with van der Waals surface area (Å²) in [5.41, 5.74) is 5.48. The average molecular weight is 384 g/mol. The van der Waals surface area contributed by atoms with Gasteiger partial charge in [0.05, 0.1) is 0 Å². The van der Waals surface area contributed by atoms with E-state index in [4.69, 9.17) is 20.4 Å². The monoisotopic (exact) mass is 383 g/mol. The lowest BCUT2D eigenvalue weighted by Gasteiger charge is -2.03. The van der Waals surface area contributed by atoms with E-state index in [1.165, 1.54) is 103 Å². The molecule has 6 heteroatoms. The van der Waals surface area contributed by atoms with E-state index in [0.717, 1.165) is 6.54 Å². The summed E-state index contributed by atoms with van der Waals surface area (Å²) in [5, 5.41) is 0. The van der Waals surface area contributed by atoms with Crippen molar-refractivity contribution >= 4 is 18.5 Å². The Balaban J connectivity index is 0. The summed E-state index contributed by atoms with van der Waals surface area (Å²) in [5.74, 6) is 0. The highest BCUT2D eigenvalue weighted by molar-refractivity contribution is 8.06.